The van der Waals surface area contributed by atoms with E-state index in [9.17, 15) is 0 Å². The van der Waals surface area contributed by atoms with Crippen molar-refractivity contribution < 1.29 is 49.0 Å². The number of halogens is 2. The van der Waals surface area contributed by atoms with Crippen molar-refractivity contribution in [1.82, 2.24) is 0 Å². The fraction of sp³-hybridized carbons (Fsp3) is 0.375. The zero-order valence-electron chi connectivity index (χ0n) is 32.5. The van der Waals surface area contributed by atoms with E-state index < -0.39 is 0 Å². The van der Waals surface area contributed by atoms with Gasteiger partial charge in [-0.2, -0.15) is 11.1 Å². The summed E-state index contributed by atoms with van der Waals surface area (Å²) in [6.45, 7) is 20.4. The molecular formula is C48H58Cl2Zr-2. The first-order valence-electron chi connectivity index (χ1n) is 18.5. The Morgan fingerprint density at radius 3 is 1.43 bits per heavy atom. The van der Waals surface area contributed by atoms with Gasteiger partial charge in [-0.25, -0.2) is 5.57 Å². The molecule has 51 heavy (non-hydrogen) atoms. The number of rotatable bonds is 8. The molecule has 0 aromatic heterocycles. The molecule has 270 valence electrons. The summed E-state index contributed by atoms with van der Waals surface area (Å²) in [7, 11) is 0. The Kier molecular flexibility index (Phi) is 18.2. The van der Waals surface area contributed by atoms with Gasteiger partial charge in [0.05, 0.1) is 0 Å². The fourth-order valence-corrected chi connectivity index (χ4v) is 7.40. The van der Waals surface area contributed by atoms with Crippen molar-refractivity contribution in [3.05, 3.63) is 148 Å². The van der Waals surface area contributed by atoms with Gasteiger partial charge in [0.1, 0.15) is 0 Å². The third-order valence-electron chi connectivity index (χ3n) is 9.42. The number of allylic oxidation sites excluding steroid dienone is 4. The third kappa shape index (κ3) is 12.3. The minimum atomic E-state index is 0. The van der Waals surface area contributed by atoms with Crippen LogP contribution in [0.3, 0.4) is 0 Å². The maximum absolute atomic E-state index is 3.57. The van der Waals surface area contributed by atoms with E-state index in [1.807, 2.05) is 0 Å². The van der Waals surface area contributed by atoms with Crippen molar-refractivity contribution in [2.45, 2.75) is 118 Å². The molecule has 0 radical (unpaired) electrons. The topological polar surface area (TPSA) is 0 Å². The Morgan fingerprint density at radius 1 is 0.608 bits per heavy atom. The molecule has 0 amide bonds. The molecule has 6 rings (SSSR count). The molecule has 5 aromatic carbocycles. The van der Waals surface area contributed by atoms with Crippen LogP contribution in [0.5, 0.6) is 0 Å². The van der Waals surface area contributed by atoms with E-state index in [1.54, 1.807) is 11.1 Å². The van der Waals surface area contributed by atoms with Gasteiger partial charge in [-0.1, -0.05) is 130 Å². The van der Waals surface area contributed by atoms with Crippen molar-refractivity contribution in [3.63, 3.8) is 0 Å². The molecule has 0 aliphatic heterocycles. The van der Waals surface area contributed by atoms with Crippen LogP contribution in [-0.2, 0) is 35.1 Å². The van der Waals surface area contributed by atoms with Crippen LogP contribution in [0.1, 0.15) is 130 Å². The van der Waals surface area contributed by atoms with E-state index in [4.69, 9.17) is 0 Å². The Bertz CT molecular complexity index is 1770. The third-order valence-corrected chi connectivity index (χ3v) is 10.8. The second-order valence-corrected chi connectivity index (χ2v) is 16.7. The normalized spacial score (nSPS) is 12.6. The van der Waals surface area contributed by atoms with Crippen molar-refractivity contribution in [2.75, 3.05) is 0 Å². The first kappa shape index (κ1) is 44.7. The van der Waals surface area contributed by atoms with Crippen LogP contribution in [0.15, 0.2) is 120 Å². The Hall–Kier alpha value is -2.44. The second-order valence-electron chi connectivity index (χ2n) is 15.5. The zero-order valence-corrected chi connectivity index (χ0v) is 36.5. The molecule has 0 nitrogen and oxygen atoms in total. The molecular weight excluding hydrogens is 739 g/mol. The van der Waals surface area contributed by atoms with E-state index in [1.165, 1.54) is 115 Å². The predicted octanol–water partition coefficient (Wildman–Crippen LogP) is 7.93. The van der Waals surface area contributed by atoms with Gasteiger partial charge in [0.15, 0.2) is 0 Å². The van der Waals surface area contributed by atoms with Crippen LogP contribution in [0.2, 0.25) is 0 Å². The van der Waals surface area contributed by atoms with Gasteiger partial charge in [-0.3, -0.25) is 6.08 Å². The molecule has 0 heterocycles. The van der Waals surface area contributed by atoms with E-state index >= 15 is 0 Å². The predicted molar refractivity (Wildman–Crippen MR) is 214 cm³/mol. The number of fused-ring (bicyclic) bond motifs is 3. The summed E-state index contributed by atoms with van der Waals surface area (Å²) in [5.41, 5.74) is 10.8. The molecule has 0 unspecified atom stereocenters. The summed E-state index contributed by atoms with van der Waals surface area (Å²) in [6, 6.07) is 37.3. The number of hydrogen-bond donors (Lipinski definition) is 0. The van der Waals surface area contributed by atoms with Gasteiger partial charge in [0, 0.05) is 0 Å². The monoisotopic (exact) mass is 794 g/mol. The van der Waals surface area contributed by atoms with Crippen LogP contribution in [0.4, 0.5) is 0 Å². The van der Waals surface area contributed by atoms with Gasteiger partial charge >= 0.3 is 99.2 Å². The quantitative estimate of drug-likeness (QED) is 0.140. The molecule has 0 N–H and O–H groups in total. The van der Waals surface area contributed by atoms with E-state index in [0.29, 0.717) is 0 Å². The SMILES string of the molecule is CC(C)(C)c1ccc2c(c1)[cH-]c1cc(C(C)(C)C)ccc12.CCCC1=[C-]CC(CCC)=C1CCC.[Cl-].[Cl-].[Zr+2]=[C](c1ccccc1)c1ccccc1. The molecule has 1 aliphatic rings. The second kappa shape index (κ2) is 20.7. The zero-order chi connectivity index (χ0) is 35.6. The summed E-state index contributed by atoms with van der Waals surface area (Å²) in [4.78, 5) is 0. The average Bonchev–Trinajstić information content (AvgIpc) is 3.65. The van der Waals surface area contributed by atoms with Crippen LogP contribution in [-0.4, -0.2) is 3.21 Å². The first-order chi connectivity index (χ1) is 23.4. The van der Waals surface area contributed by atoms with Gasteiger partial charge in [0.2, 0.25) is 0 Å². The summed E-state index contributed by atoms with van der Waals surface area (Å²) >= 11 is 1.46. The maximum atomic E-state index is 3.57. The summed E-state index contributed by atoms with van der Waals surface area (Å²) in [6.07, 6.45) is 12.3. The molecule has 1 aliphatic carbocycles. The molecule has 0 atom stereocenters. The molecule has 0 saturated carbocycles. The Balaban J connectivity index is 0.000000269. The van der Waals surface area contributed by atoms with E-state index in [0.717, 1.165) is 6.42 Å². The fourth-order valence-electron chi connectivity index (χ4n) is 6.58. The number of benzene rings is 4. The van der Waals surface area contributed by atoms with E-state index in [-0.39, 0.29) is 35.6 Å². The Labute approximate surface area is 337 Å². The molecule has 3 heteroatoms. The summed E-state index contributed by atoms with van der Waals surface area (Å²) < 4.78 is 1.42. The van der Waals surface area contributed by atoms with Crippen molar-refractivity contribution >= 4 is 24.8 Å². The van der Waals surface area contributed by atoms with Crippen LogP contribution >= 0.6 is 0 Å². The summed E-state index contributed by atoms with van der Waals surface area (Å²) in [5.74, 6) is 0. The summed E-state index contributed by atoms with van der Waals surface area (Å²) in [5, 5.41) is 5.48. The van der Waals surface area contributed by atoms with Crippen molar-refractivity contribution in [2.24, 2.45) is 0 Å². The first-order valence-corrected chi connectivity index (χ1v) is 19.7. The molecule has 5 aromatic rings. The average molecular weight is 797 g/mol. The van der Waals surface area contributed by atoms with Gasteiger partial charge in [-0.05, 0) is 17.3 Å². The minimum absolute atomic E-state index is 0. The molecule has 0 saturated heterocycles. The standard InChI is InChI=1S/C21H25.C14H23.C13H10.2ClH.Zr/c1-20(2,3)16-7-9-18-14(12-16)11-15-13-17(21(4,5)6)8-10-19(15)18;1-4-7-12-10-11-13(8-5-2)14(12)9-6-3;1-3-7-12(8-4-1)11-13-9-5-2-6-10-13;;;/h7-13H,1-6H3;4-10H2,1-3H3;1-10H;2*1H;/q2*-1;;;;+2/p-2. The van der Waals surface area contributed by atoms with Gasteiger partial charge in [0.25, 0.3) is 0 Å². The Morgan fingerprint density at radius 2 is 1.04 bits per heavy atom. The molecule has 0 spiro atoms. The van der Waals surface area contributed by atoms with Crippen LogP contribution in [0, 0.1) is 6.08 Å². The van der Waals surface area contributed by atoms with Gasteiger partial charge < -0.3 is 24.8 Å². The van der Waals surface area contributed by atoms with E-state index in [2.05, 4.69) is 172 Å². The van der Waals surface area contributed by atoms with Crippen molar-refractivity contribution in [3.8, 4) is 0 Å². The van der Waals surface area contributed by atoms with Crippen molar-refractivity contribution in [1.29, 1.82) is 0 Å². The molecule has 0 fully saturated rings. The number of hydrogen-bond acceptors (Lipinski definition) is 0. The van der Waals surface area contributed by atoms with Gasteiger partial charge in [-0.15, -0.1) is 46.2 Å². The molecule has 0 bridgehead atoms. The van der Waals surface area contributed by atoms with Crippen LogP contribution < -0.4 is 24.8 Å². The van der Waals surface area contributed by atoms with Crippen LogP contribution in [0.25, 0.3) is 21.5 Å².